The minimum Gasteiger partial charge on any atom is -0.312 e. The number of thiophene rings is 1. The summed E-state index contributed by atoms with van der Waals surface area (Å²) in [5.41, 5.74) is 2.42. The number of rotatable bonds is 3. The van der Waals surface area contributed by atoms with Gasteiger partial charge < -0.3 is 5.32 Å². The number of nitrogens with one attached hydrogen (secondary N) is 1. The first kappa shape index (κ1) is 16.1. The van der Waals surface area contributed by atoms with Gasteiger partial charge in [-0.05, 0) is 61.3 Å². The minimum atomic E-state index is -0.152. The van der Waals surface area contributed by atoms with E-state index in [1.54, 1.807) is 23.1 Å². The molecular formula is C18H18N2OS2. The molecule has 0 saturated carbocycles. The average Bonchev–Trinajstić information content (AvgIpc) is 2.90. The van der Waals surface area contributed by atoms with E-state index in [4.69, 9.17) is 0 Å². The Hall–Kier alpha value is -1.77. The van der Waals surface area contributed by atoms with Crippen LogP contribution in [0.5, 0.6) is 0 Å². The van der Waals surface area contributed by atoms with Crippen LogP contribution in [0.15, 0.2) is 29.2 Å². The molecule has 1 aliphatic rings. The number of carbonyl (C=O) groups excluding carboxylic acids is 1. The monoisotopic (exact) mass is 342 g/mol. The molecule has 5 heteroatoms. The van der Waals surface area contributed by atoms with Crippen LogP contribution >= 0.6 is 23.1 Å². The van der Waals surface area contributed by atoms with Gasteiger partial charge in [0.25, 0.3) is 5.91 Å². The molecule has 0 unspecified atom stereocenters. The van der Waals surface area contributed by atoms with Gasteiger partial charge in [-0.3, -0.25) is 4.79 Å². The zero-order valence-corrected chi connectivity index (χ0v) is 14.8. The van der Waals surface area contributed by atoms with E-state index in [1.165, 1.54) is 4.88 Å². The maximum Gasteiger partial charge on any atom is 0.256 e. The summed E-state index contributed by atoms with van der Waals surface area (Å²) in [6, 6.07) is 9.80. The summed E-state index contributed by atoms with van der Waals surface area (Å²) in [4.78, 5) is 14.8. The fraction of sp³-hybridized carbons (Fsp3) is 0.333. The Morgan fingerprint density at radius 1 is 1.39 bits per heavy atom. The molecule has 1 aliphatic carbocycles. The number of hydrogen-bond donors (Lipinski definition) is 1. The van der Waals surface area contributed by atoms with Gasteiger partial charge in [0.15, 0.2) is 0 Å². The SMILES string of the molecule is CSc1ccc(C(=O)Nc2sc3c(c2C#N)CC[C@@H](C)C3)cc1. The van der Waals surface area contributed by atoms with Crippen molar-refractivity contribution in [2.45, 2.75) is 31.1 Å². The number of hydrogen-bond acceptors (Lipinski definition) is 4. The zero-order valence-electron chi connectivity index (χ0n) is 13.2. The smallest absolute Gasteiger partial charge is 0.256 e. The van der Waals surface area contributed by atoms with Crippen molar-refractivity contribution >= 4 is 34.0 Å². The van der Waals surface area contributed by atoms with Crippen molar-refractivity contribution in [1.82, 2.24) is 0 Å². The molecule has 1 heterocycles. The van der Waals surface area contributed by atoms with E-state index in [0.29, 0.717) is 22.0 Å². The first-order valence-electron chi connectivity index (χ1n) is 7.62. The lowest BCUT2D eigenvalue weighted by molar-refractivity contribution is 0.102. The van der Waals surface area contributed by atoms with Crippen LogP contribution in [-0.2, 0) is 12.8 Å². The summed E-state index contributed by atoms with van der Waals surface area (Å²) >= 11 is 3.21. The predicted octanol–water partition coefficient (Wildman–Crippen LogP) is 4.72. The highest BCUT2D eigenvalue weighted by Gasteiger charge is 2.24. The third-order valence-corrected chi connectivity index (χ3v) is 6.12. The standard InChI is InChI=1S/C18H18N2OS2/c1-11-3-8-14-15(10-19)18(23-16(14)9-11)20-17(21)12-4-6-13(22-2)7-5-12/h4-7,11H,3,8-9H2,1-2H3,(H,20,21)/t11-/m1/s1. The van der Waals surface area contributed by atoms with Gasteiger partial charge in [-0.1, -0.05) is 6.92 Å². The molecule has 1 aromatic heterocycles. The Kier molecular flexibility index (Phi) is 4.74. The van der Waals surface area contributed by atoms with E-state index in [9.17, 15) is 10.1 Å². The topological polar surface area (TPSA) is 52.9 Å². The highest BCUT2D eigenvalue weighted by molar-refractivity contribution is 7.98. The quantitative estimate of drug-likeness (QED) is 0.821. The largest absolute Gasteiger partial charge is 0.312 e. The number of fused-ring (bicyclic) bond motifs is 1. The van der Waals surface area contributed by atoms with Crippen molar-refractivity contribution < 1.29 is 4.79 Å². The number of nitriles is 1. The second-order valence-electron chi connectivity index (χ2n) is 5.85. The van der Waals surface area contributed by atoms with E-state index < -0.39 is 0 Å². The Labute approximate surface area is 144 Å². The molecule has 0 aliphatic heterocycles. The van der Waals surface area contributed by atoms with Crippen molar-refractivity contribution in [3.63, 3.8) is 0 Å². The molecule has 0 saturated heterocycles. The highest BCUT2D eigenvalue weighted by Crippen LogP contribution is 2.39. The van der Waals surface area contributed by atoms with E-state index >= 15 is 0 Å². The normalized spacial score (nSPS) is 16.5. The molecule has 0 fully saturated rings. The van der Waals surface area contributed by atoms with E-state index in [0.717, 1.165) is 29.7 Å². The summed E-state index contributed by atoms with van der Waals surface area (Å²) in [7, 11) is 0. The summed E-state index contributed by atoms with van der Waals surface area (Å²) in [5.74, 6) is 0.496. The summed E-state index contributed by atoms with van der Waals surface area (Å²) < 4.78 is 0. The molecule has 3 rings (SSSR count). The molecule has 1 atom stereocenters. The molecule has 1 N–H and O–H groups in total. The first-order valence-corrected chi connectivity index (χ1v) is 9.66. The molecule has 0 spiro atoms. The molecule has 2 aromatic rings. The van der Waals surface area contributed by atoms with Crippen molar-refractivity contribution in [1.29, 1.82) is 5.26 Å². The molecule has 23 heavy (non-hydrogen) atoms. The zero-order chi connectivity index (χ0) is 16.4. The summed E-state index contributed by atoms with van der Waals surface area (Å²) in [5, 5.41) is 13.1. The fourth-order valence-electron chi connectivity index (χ4n) is 2.87. The fourth-order valence-corrected chi connectivity index (χ4v) is 4.64. The van der Waals surface area contributed by atoms with Gasteiger partial charge in [-0.25, -0.2) is 0 Å². The van der Waals surface area contributed by atoms with Gasteiger partial charge in [-0.2, -0.15) is 5.26 Å². The number of benzene rings is 1. The summed E-state index contributed by atoms with van der Waals surface area (Å²) in [6.07, 6.45) is 5.06. The van der Waals surface area contributed by atoms with Gasteiger partial charge in [0, 0.05) is 15.3 Å². The highest BCUT2D eigenvalue weighted by atomic mass is 32.2. The number of nitrogens with zero attached hydrogens (tertiary/aromatic N) is 1. The van der Waals surface area contributed by atoms with Crippen LogP contribution in [0.3, 0.4) is 0 Å². The molecular weight excluding hydrogens is 324 g/mol. The van der Waals surface area contributed by atoms with Crippen LogP contribution in [0.2, 0.25) is 0 Å². The molecule has 0 radical (unpaired) electrons. The van der Waals surface area contributed by atoms with Gasteiger partial charge in [0.1, 0.15) is 11.1 Å². The lowest BCUT2D eigenvalue weighted by atomic mass is 9.88. The minimum absolute atomic E-state index is 0.152. The molecule has 118 valence electrons. The van der Waals surface area contributed by atoms with Crippen LogP contribution in [0, 0.1) is 17.2 Å². The number of anilines is 1. The Morgan fingerprint density at radius 3 is 2.78 bits per heavy atom. The van der Waals surface area contributed by atoms with Crippen LogP contribution in [0.25, 0.3) is 0 Å². The van der Waals surface area contributed by atoms with E-state index in [2.05, 4.69) is 18.3 Å². The average molecular weight is 342 g/mol. The Morgan fingerprint density at radius 2 is 2.13 bits per heavy atom. The van der Waals surface area contributed by atoms with Crippen LogP contribution in [0.1, 0.15) is 39.7 Å². The molecule has 3 nitrogen and oxygen atoms in total. The third kappa shape index (κ3) is 3.29. The van der Waals surface area contributed by atoms with Gasteiger partial charge in [0.05, 0.1) is 5.56 Å². The van der Waals surface area contributed by atoms with E-state index in [1.807, 2.05) is 30.5 Å². The lowest BCUT2D eigenvalue weighted by Crippen LogP contribution is -2.12. The molecule has 1 aromatic carbocycles. The number of thioether (sulfide) groups is 1. The van der Waals surface area contributed by atoms with Gasteiger partial charge in [-0.15, -0.1) is 23.1 Å². The predicted molar refractivity (Wildman–Crippen MR) is 96.4 cm³/mol. The second kappa shape index (κ2) is 6.77. The second-order valence-corrected chi connectivity index (χ2v) is 7.84. The van der Waals surface area contributed by atoms with E-state index in [-0.39, 0.29) is 5.91 Å². The first-order chi connectivity index (χ1) is 11.1. The van der Waals surface area contributed by atoms with Crippen LogP contribution in [0.4, 0.5) is 5.00 Å². The Bertz CT molecular complexity index is 772. The third-order valence-electron chi connectivity index (χ3n) is 4.20. The molecule has 0 bridgehead atoms. The summed E-state index contributed by atoms with van der Waals surface area (Å²) in [6.45, 7) is 2.24. The number of carbonyl (C=O) groups is 1. The van der Waals surface area contributed by atoms with Gasteiger partial charge >= 0.3 is 0 Å². The molecule has 1 amide bonds. The van der Waals surface area contributed by atoms with Crippen molar-refractivity contribution in [2.24, 2.45) is 5.92 Å². The maximum atomic E-state index is 12.4. The van der Waals surface area contributed by atoms with Crippen LogP contribution < -0.4 is 5.32 Å². The van der Waals surface area contributed by atoms with Crippen molar-refractivity contribution in [3.05, 3.63) is 45.8 Å². The van der Waals surface area contributed by atoms with Crippen LogP contribution in [-0.4, -0.2) is 12.2 Å². The number of amides is 1. The Balaban J connectivity index is 1.85. The lowest BCUT2D eigenvalue weighted by Gasteiger charge is -2.17. The maximum absolute atomic E-state index is 12.4. The van der Waals surface area contributed by atoms with Crippen molar-refractivity contribution in [2.75, 3.05) is 11.6 Å². The van der Waals surface area contributed by atoms with Crippen molar-refractivity contribution in [3.8, 4) is 6.07 Å². The van der Waals surface area contributed by atoms with Gasteiger partial charge in [0.2, 0.25) is 0 Å².